The fourth-order valence-corrected chi connectivity index (χ4v) is 5.10. The molecule has 0 spiro atoms. The first kappa shape index (κ1) is 48.8. The Morgan fingerprint density at radius 2 is 1.29 bits per heavy atom. The largest absolute Gasteiger partial charge is 0.480 e. The van der Waals surface area contributed by atoms with Crippen molar-refractivity contribution in [1.82, 2.24) is 41.9 Å². The molecule has 23 nitrogen and oxygen atoms in total. The van der Waals surface area contributed by atoms with Crippen molar-refractivity contribution in [2.75, 3.05) is 19.8 Å². The van der Waals surface area contributed by atoms with Crippen LogP contribution in [0.15, 0.2) is 12.5 Å². The number of aromatic amines is 1. The fraction of sp³-hybridized carbons (Fsp3) is 0.667. The Hall–Kier alpha value is -5.23. The molecule has 56 heavy (non-hydrogen) atoms. The SMILES string of the molecule is CC[C@H](C)[C@H](NC(=O)[C@H](CCC(N)=O)NC(=O)[C@H](CO)NC(=O)[C@H](Cc1cnc[nH]1)NC(=O)[C@H](CCCCN)NC(=O)[C@@H](N)CO)C(=O)N[C@H](C(=O)O)[C@@H](C)O. The van der Waals surface area contributed by atoms with Crippen LogP contribution in [-0.4, -0.2) is 146 Å². The first-order valence-electron chi connectivity index (χ1n) is 18.1. The van der Waals surface area contributed by atoms with Crippen molar-refractivity contribution in [2.24, 2.45) is 23.1 Å². The summed E-state index contributed by atoms with van der Waals surface area (Å²) in [5.74, 6) is -8.70. The van der Waals surface area contributed by atoms with E-state index in [-0.39, 0.29) is 12.8 Å². The number of aliphatic hydroxyl groups excluding tert-OH is 3. The van der Waals surface area contributed by atoms with Gasteiger partial charge in [-0.25, -0.2) is 9.78 Å². The number of carbonyl (C=O) groups is 8. The van der Waals surface area contributed by atoms with Crippen molar-refractivity contribution in [1.29, 1.82) is 0 Å². The molecular formula is C33H57N11O12. The number of imidazole rings is 1. The van der Waals surface area contributed by atoms with E-state index in [0.717, 1.165) is 6.92 Å². The predicted octanol–water partition coefficient (Wildman–Crippen LogP) is -5.92. The number of carboxylic acids is 1. The minimum atomic E-state index is -1.74. The Bertz CT molecular complexity index is 1460. The zero-order chi connectivity index (χ0) is 42.5. The molecule has 7 amide bonds. The first-order chi connectivity index (χ1) is 26.4. The van der Waals surface area contributed by atoms with Crippen molar-refractivity contribution >= 4 is 47.3 Å². The lowest BCUT2D eigenvalue weighted by molar-refractivity contribution is -0.145. The number of nitrogens with one attached hydrogen (secondary N) is 7. The van der Waals surface area contributed by atoms with Gasteiger partial charge < -0.3 is 74.5 Å². The smallest absolute Gasteiger partial charge is 0.328 e. The standard InChI is InChI=1S/C33H57N11O12/c1-4-16(2)25(32(54)44-26(17(3)47)33(55)56)43-29(51)21(8-9-24(36)48)40-31(53)23(14-46)42-30(52)22(11-18-12-37-15-38-18)41-28(50)20(7-5-6-10-34)39-27(49)19(35)13-45/h12,15-17,19-23,25-26,45-47H,4-11,13-14,34-35H2,1-3H3,(H2,36,48)(H,37,38)(H,39,49)(H,40,53)(H,41,50)(H,42,52)(H,43,51)(H,44,54)(H,55,56)/t16-,17+,19-,20-,21-,22-,23-,25-,26-/m0/s1. The summed E-state index contributed by atoms with van der Waals surface area (Å²) in [6, 6.07) is -10.4. The monoisotopic (exact) mass is 799 g/mol. The van der Waals surface area contributed by atoms with E-state index in [1.807, 2.05) is 0 Å². The third kappa shape index (κ3) is 16.6. The Kier molecular flexibility index (Phi) is 21.8. The van der Waals surface area contributed by atoms with Gasteiger partial charge in [-0.15, -0.1) is 0 Å². The maximum atomic E-state index is 13.6. The number of amides is 7. The number of hydrogen-bond donors (Lipinski definition) is 14. The maximum Gasteiger partial charge on any atom is 0.328 e. The van der Waals surface area contributed by atoms with E-state index in [0.29, 0.717) is 31.5 Å². The summed E-state index contributed by atoms with van der Waals surface area (Å²) < 4.78 is 0. The van der Waals surface area contributed by atoms with Crippen LogP contribution >= 0.6 is 0 Å². The lowest BCUT2D eigenvalue weighted by atomic mass is 9.96. The molecule has 0 saturated carbocycles. The highest BCUT2D eigenvalue weighted by molar-refractivity contribution is 5.97. The van der Waals surface area contributed by atoms with Crippen LogP contribution in [0.4, 0.5) is 0 Å². The zero-order valence-electron chi connectivity index (χ0n) is 31.7. The second-order valence-corrected chi connectivity index (χ2v) is 13.2. The number of rotatable bonds is 27. The molecule has 0 aliphatic rings. The molecule has 1 aromatic rings. The lowest BCUT2D eigenvalue weighted by Crippen LogP contribution is -2.61. The molecule has 1 heterocycles. The molecule has 1 aromatic heterocycles. The summed E-state index contributed by atoms with van der Waals surface area (Å²) in [7, 11) is 0. The number of H-pyrrole nitrogens is 1. The molecule has 23 heteroatoms. The second-order valence-electron chi connectivity index (χ2n) is 13.2. The van der Waals surface area contributed by atoms with E-state index in [9.17, 15) is 58.8 Å². The number of unbranched alkanes of at least 4 members (excludes halogenated alkanes) is 1. The summed E-state index contributed by atoms with van der Waals surface area (Å²) >= 11 is 0. The number of primary amides is 1. The number of hydrogen-bond acceptors (Lipinski definition) is 14. The summed E-state index contributed by atoms with van der Waals surface area (Å²) in [4.78, 5) is 110. The molecule has 0 radical (unpaired) electrons. The molecular weight excluding hydrogens is 742 g/mol. The third-order valence-corrected chi connectivity index (χ3v) is 8.69. The van der Waals surface area contributed by atoms with Crippen LogP contribution in [0.5, 0.6) is 0 Å². The van der Waals surface area contributed by atoms with Crippen LogP contribution in [0.25, 0.3) is 0 Å². The van der Waals surface area contributed by atoms with Crippen molar-refractivity contribution < 1.29 is 58.8 Å². The quantitative estimate of drug-likeness (QED) is 0.0369. The van der Waals surface area contributed by atoms with Gasteiger partial charge in [0.25, 0.3) is 0 Å². The highest BCUT2D eigenvalue weighted by Gasteiger charge is 2.35. The van der Waals surface area contributed by atoms with Gasteiger partial charge in [-0.3, -0.25) is 33.6 Å². The van der Waals surface area contributed by atoms with E-state index in [1.54, 1.807) is 13.8 Å². The van der Waals surface area contributed by atoms with E-state index in [2.05, 4.69) is 41.9 Å². The lowest BCUT2D eigenvalue weighted by Gasteiger charge is -2.29. The van der Waals surface area contributed by atoms with Crippen LogP contribution < -0.4 is 49.1 Å². The van der Waals surface area contributed by atoms with Gasteiger partial charge in [-0.05, 0) is 45.1 Å². The molecule has 1 rings (SSSR count). The maximum absolute atomic E-state index is 13.6. The topological polar surface area (TPSA) is 396 Å². The Labute approximate surface area is 323 Å². The van der Waals surface area contributed by atoms with Gasteiger partial charge in [0, 0.05) is 24.7 Å². The van der Waals surface area contributed by atoms with Crippen LogP contribution in [-0.2, 0) is 44.8 Å². The van der Waals surface area contributed by atoms with Crippen molar-refractivity contribution in [2.45, 2.75) is 114 Å². The summed E-state index contributed by atoms with van der Waals surface area (Å²) in [5, 5.41) is 52.8. The Morgan fingerprint density at radius 1 is 0.750 bits per heavy atom. The molecule has 0 fully saturated rings. The van der Waals surface area contributed by atoms with Crippen LogP contribution in [0, 0.1) is 5.92 Å². The van der Waals surface area contributed by atoms with Gasteiger partial charge in [0.1, 0.15) is 36.3 Å². The number of carbonyl (C=O) groups excluding carboxylic acids is 7. The number of carboxylic acid groups (broad SMARTS) is 1. The van der Waals surface area contributed by atoms with E-state index in [4.69, 9.17) is 17.2 Å². The normalized spacial score (nSPS) is 15.9. The molecule has 0 aliphatic carbocycles. The Morgan fingerprint density at radius 3 is 1.80 bits per heavy atom. The molecule has 0 saturated heterocycles. The molecule has 9 atom stereocenters. The summed E-state index contributed by atoms with van der Waals surface area (Å²) in [5.41, 5.74) is 16.8. The van der Waals surface area contributed by atoms with E-state index < -0.39 is 128 Å². The molecule has 0 unspecified atom stereocenters. The minimum Gasteiger partial charge on any atom is -0.480 e. The molecule has 0 aromatic carbocycles. The number of nitrogens with two attached hydrogens (primary N) is 3. The predicted molar refractivity (Wildman–Crippen MR) is 196 cm³/mol. The summed E-state index contributed by atoms with van der Waals surface area (Å²) in [6.07, 6.45) is 1.44. The van der Waals surface area contributed by atoms with Crippen LogP contribution in [0.2, 0.25) is 0 Å². The zero-order valence-corrected chi connectivity index (χ0v) is 31.7. The van der Waals surface area contributed by atoms with Crippen molar-refractivity contribution in [3.8, 4) is 0 Å². The summed E-state index contributed by atoms with van der Waals surface area (Å²) in [6.45, 7) is 2.99. The average Bonchev–Trinajstić information content (AvgIpc) is 3.67. The van der Waals surface area contributed by atoms with E-state index in [1.165, 1.54) is 12.5 Å². The molecule has 0 bridgehead atoms. The highest BCUT2D eigenvalue weighted by atomic mass is 16.4. The third-order valence-electron chi connectivity index (χ3n) is 8.69. The van der Waals surface area contributed by atoms with Gasteiger partial charge in [0.05, 0.1) is 25.6 Å². The molecule has 0 aliphatic heterocycles. The van der Waals surface area contributed by atoms with Crippen LogP contribution in [0.3, 0.4) is 0 Å². The number of aromatic nitrogens is 2. The van der Waals surface area contributed by atoms with Gasteiger partial charge >= 0.3 is 5.97 Å². The fourth-order valence-electron chi connectivity index (χ4n) is 5.10. The number of aliphatic hydroxyl groups is 3. The Balaban J connectivity index is 3.31. The number of aliphatic carboxylic acids is 1. The number of nitrogens with zero attached hydrogens (tertiary/aromatic N) is 1. The van der Waals surface area contributed by atoms with Gasteiger partial charge in [0.15, 0.2) is 6.04 Å². The van der Waals surface area contributed by atoms with Gasteiger partial charge in [-0.2, -0.15) is 0 Å². The first-order valence-corrected chi connectivity index (χ1v) is 18.1. The second kappa shape index (κ2) is 25.0. The van der Waals surface area contributed by atoms with Crippen molar-refractivity contribution in [3.63, 3.8) is 0 Å². The molecule has 17 N–H and O–H groups in total. The average molecular weight is 800 g/mol. The van der Waals surface area contributed by atoms with Crippen molar-refractivity contribution in [3.05, 3.63) is 18.2 Å². The van der Waals surface area contributed by atoms with Crippen LogP contribution in [0.1, 0.15) is 65.0 Å². The van der Waals surface area contributed by atoms with Gasteiger partial charge in [0.2, 0.25) is 41.4 Å². The van der Waals surface area contributed by atoms with E-state index >= 15 is 0 Å². The highest BCUT2D eigenvalue weighted by Crippen LogP contribution is 2.11. The molecule has 316 valence electrons. The minimum absolute atomic E-state index is 0.0853. The van der Waals surface area contributed by atoms with Gasteiger partial charge in [-0.1, -0.05) is 20.3 Å².